The van der Waals surface area contributed by atoms with Crippen molar-refractivity contribution in [3.63, 3.8) is 0 Å². The van der Waals surface area contributed by atoms with Crippen molar-refractivity contribution in [1.29, 1.82) is 0 Å². The summed E-state index contributed by atoms with van der Waals surface area (Å²) in [6, 6.07) is 22.1. The molecule has 0 unspecified atom stereocenters. The summed E-state index contributed by atoms with van der Waals surface area (Å²) in [7, 11) is 0. The van der Waals surface area contributed by atoms with E-state index in [9.17, 15) is 4.79 Å². The van der Waals surface area contributed by atoms with Crippen LogP contribution in [0.15, 0.2) is 76.7 Å². The summed E-state index contributed by atoms with van der Waals surface area (Å²) in [6.45, 7) is 6.25. The molecule has 1 heterocycles. The molecule has 1 N–H and O–H groups in total. The Morgan fingerprint density at radius 3 is 2.23 bits per heavy atom. The van der Waals surface area contributed by atoms with Gasteiger partial charge in [0.1, 0.15) is 0 Å². The van der Waals surface area contributed by atoms with Crippen molar-refractivity contribution in [2.45, 2.75) is 27.2 Å². The molecule has 1 aliphatic rings. The van der Waals surface area contributed by atoms with E-state index in [1.807, 2.05) is 30.3 Å². The minimum absolute atomic E-state index is 0.0442. The Hall–Kier alpha value is -3.18. The van der Waals surface area contributed by atoms with E-state index in [4.69, 9.17) is 9.98 Å². The van der Waals surface area contributed by atoms with Crippen molar-refractivity contribution in [3.05, 3.63) is 89.0 Å². The number of amides is 1. The molecule has 3 aromatic rings. The van der Waals surface area contributed by atoms with Crippen molar-refractivity contribution in [1.82, 2.24) is 0 Å². The van der Waals surface area contributed by atoms with Crippen LogP contribution in [0.25, 0.3) is 0 Å². The molecule has 4 rings (SSSR count). The highest BCUT2D eigenvalue weighted by atomic mass is 32.2. The summed E-state index contributed by atoms with van der Waals surface area (Å²) in [5.74, 6) is 0.256. The summed E-state index contributed by atoms with van der Waals surface area (Å²) < 4.78 is 0. The minimum atomic E-state index is -0.0442. The Morgan fingerprint density at radius 2 is 1.55 bits per heavy atom. The number of nitrogens with one attached hydrogen (secondary N) is 1. The molecule has 0 aliphatic carbocycles. The van der Waals surface area contributed by atoms with Crippen LogP contribution < -0.4 is 5.32 Å². The molecule has 0 atom stereocenters. The number of aryl methyl sites for hydroxylation is 3. The van der Waals surface area contributed by atoms with Crippen molar-refractivity contribution in [2.24, 2.45) is 9.98 Å². The molecule has 5 heteroatoms. The Labute approximate surface area is 187 Å². The van der Waals surface area contributed by atoms with Gasteiger partial charge in [-0.05, 0) is 61.7 Å². The fraction of sp³-hybridized carbons (Fsp3) is 0.192. The molecule has 0 bridgehead atoms. The first-order chi connectivity index (χ1) is 15.0. The van der Waals surface area contributed by atoms with Gasteiger partial charge in [-0.3, -0.25) is 9.79 Å². The molecule has 0 aromatic heterocycles. The molecule has 1 amide bonds. The molecule has 156 valence electrons. The topological polar surface area (TPSA) is 53.8 Å². The number of benzene rings is 3. The zero-order valence-electron chi connectivity index (χ0n) is 18.0. The summed E-state index contributed by atoms with van der Waals surface area (Å²) >= 11 is 1.47. The SMILES string of the molecule is Cc1ccc(C2=Nc3cc(C)c(C)cc3N=C(SCC(=O)Nc3ccccc3)C2)cc1. The van der Waals surface area contributed by atoms with Crippen molar-refractivity contribution >= 4 is 45.5 Å². The summed E-state index contributed by atoms with van der Waals surface area (Å²) in [6.07, 6.45) is 0.596. The molecule has 4 nitrogen and oxygen atoms in total. The molecule has 0 spiro atoms. The second kappa shape index (κ2) is 9.31. The maximum atomic E-state index is 12.5. The molecular weight excluding hydrogens is 402 g/mol. The fourth-order valence-corrected chi connectivity index (χ4v) is 4.10. The van der Waals surface area contributed by atoms with Gasteiger partial charge in [-0.25, -0.2) is 4.99 Å². The lowest BCUT2D eigenvalue weighted by Crippen LogP contribution is -2.16. The number of hydrogen-bond acceptors (Lipinski definition) is 4. The van der Waals surface area contributed by atoms with Crippen LogP contribution in [-0.4, -0.2) is 22.4 Å². The van der Waals surface area contributed by atoms with Crippen molar-refractivity contribution < 1.29 is 4.79 Å². The average Bonchev–Trinajstić information content (AvgIpc) is 2.93. The van der Waals surface area contributed by atoms with Gasteiger partial charge in [0.15, 0.2) is 0 Å². The van der Waals surface area contributed by atoms with Crippen LogP contribution in [0, 0.1) is 20.8 Å². The standard InChI is InChI=1S/C26H25N3OS/c1-17-9-11-20(12-10-17)22-15-26(29-24-14-19(3)18(2)13-23(24)28-22)31-16-25(30)27-21-7-5-4-6-8-21/h4-14H,15-16H2,1-3H3,(H,27,30). The molecule has 0 saturated carbocycles. The van der Waals surface area contributed by atoms with Gasteiger partial charge < -0.3 is 5.32 Å². The van der Waals surface area contributed by atoms with Crippen molar-refractivity contribution in [2.75, 3.05) is 11.1 Å². The summed E-state index contributed by atoms with van der Waals surface area (Å²) in [5.41, 5.74) is 8.18. The Morgan fingerprint density at radius 1 is 0.903 bits per heavy atom. The Balaban J connectivity index is 1.60. The lowest BCUT2D eigenvalue weighted by atomic mass is 10.1. The van der Waals surface area contributed by atoms with Crippen LogP contribution in [0.4, 0.5) is 17.1 Å². The molecule has 31 heavy (non-hydrogen) atoms. The first-order valence-corrected chi connectivity index (χ1v) is 11.3. The maximum absolute atomic E-state index is 12.5. The molecule has 1 aliphatic heterocycles. The largest absolute Gasteiger partial charge is 0.325 e. The molecule has 0 saturated heterocycles. The maximum Gasteiger partial charge on any atom is 0.234 e. The predicted octanol–water partition coefficient (Wildman–Crippen LogP) is 6.54. The third kappa shape index (κ3) is 5.30. The van der Waals surface area contributed by atoms with E-state index in [1.165, 1.54) is 28.5 Å². The number of carbonyl (C=O) groups is 1. The number of hydrogen-bond donors (Lipinski definition) is 1. The number of para-hydroxylation sites is 1. The third-order valence-electron chi connectivity index (χ3n) is 5.22. The van der Waals surface area contributed by atoms with E-state index >= 15 is 0 Å². The molecule has 3 aromatic carbocycles. The highest BCUT2D eigenvalue weighted by molar-refractivity contribution is 8.14. The van der Waals surface area contributed by atoms with Gasteiger partial charge in [0.25, 0.3) is 0 Å². The fourth-order valence-electron chi connectivity index (χ4n) is 3.33. The smallest absolute Gasteiger partial charge is 0.234 e. The number of fused-ring (bicyclic) bond motifs is 1. The third-order valence-corrected chi connectivity index (χ3v) is 6.20. The van der Waals surface area contributed by atoms with Gasteiger partial charge in [0.2, 0.25) is 5.91 Å². The van der Waals surface area contributed by atoms with Crippen LogP contribution in [0.5, 0.6) is 0 Å². The van der Waals surface area contributed by atoms with Crippen LogP contribution in [0.3, 0.4) is 0 Å². The monoisotopic (exact) mass is 427 g/mol. The first kappa shape index (κ1) is 21.1. The number of nitrogens with zero attached hydrogens (tertiary/aromatic N) is 2. The highest BCUT2D eigenvalue weighted by Crippen LogP contribution is 2.36. The highest BCUT2D eigenvalue weighted by Gasteiger charge is 2.17. The van der Waals surface area contributed by atoms with E-state index in [2.05, 4.69) is 62.5 Å². The van der Waals surface area contributed by atoms with E-state index in [0.29, 0.717) is 12.2 Å². The van der Waals surface area contributed by atoms with Gasteiger partial charge >= 0.3 is 0 Å². The van der Waals surface area contributed by atoms with E-state index in [0.717, 1.165) is 33.4 Å². The van der Waals surface area contributed by atoms with Gasteiger partial charge in [-0.1, -0.05) is 48.0 Å². The number of aliphatic imine (C=N–C) groups is 2. The van der Waals surface area contributed by atoms with Crippen LogP contribution >= 0.6 is 11.8 Å². The van der Waals surface area contributed by atoms with Crippen LogP contribution in [-0.2, 0) is 4.79 Å². The number of rotatable bonds is 4. The lowest BCUT2D eigenvalue weighted by molar-refractivity contribution is -0.113. The lowest BCUT2D eigenvalue weighted by Gasteiger charge is -2.08. The van der Waals surface area contributed by atoms with E-state index < -0.39 is 0 Å². The second-order valence-corrected chi connectivity index (χ2v) is 8.78. The molecular formula is C26H25N3OS. The van der Waals surface area contributed by atoms with Gasteiger partial charge in [-0.2, -0.15) is 0 Å². The average molecular weight is 428 g/mol. The Bertz CT molecular complexity index is 1170. The first-order valence-electron chi connectivity index (χ1n) is 10.3. The zero-order valence-corrected chi connectivity index (χ0v) is 18.8. The van der Waals surface area contributed by atoms with Crippen molar-refractivity contribution in [3.8, 4) is 0 Å². The number of thioether (sulfide) groups is 1. The summed E-state index contributed by atoms with van der Waals surface area (Å²) in [5, 5.41) is 3.83. The number of anilines is 1. The van der Waals surface area contributed by atoms with E-state index in [1.54, 1.807) is 0 Å². The minimum Gasteiger partial charge on any atom is -0.325 e. The number of carbonyl (C=O) groups excluding carboxylic acids is 1. The zero-order chi connectivity index (χ0) is 21.8. The van der Waals surface area contributed by atoms with Crippen LogP contribution in [0.2, 0.25) is 0 Å². The molecule has 0 radical (unpaired) electrons. The quantitative estimate of drug-likeness (QED) is 0.514. The molecule has 0 fully saturated rings. The Kier molecular flexibility index (Phi) is 6.33. The van der Waals surface area contributed by atoms with Gasteiger partial charge in [0, 0.05) is 12.1 Å². The second-order valence-electron chi connectivity index (χ2n) is 7.73. The van der Waals surface area contributed by atoms with E-state index in [-0.39, 0.29) is 5.91 Å². The normalized spacial score (nSPS) is 13.0. The van der Waals surface area contributed by atoms with Gasteiger partial charge in [-0.15, -0.1) is 11.8 Å². The van der Waals surface area contributed by atoms with Crippen LogP contribution in [0.1, 0.15) is 28.7 Å². The summed E-state index contributed by atoms with van der Waals surface area (Å²) in [4.78, 5) is 22.3. The predicted molar refractivity (Wildman–Crippen MR) is 133 cm³/mol. The van der Waals surface area contributed by atoms with Gasteiger partial charge in [0.05, 0.1) is 27.9 Å².